The van der Waals surface area contributed by atoms with Crippen LogP contribution in [0.5, 0.6) is 0 Å². The first-order valence-corrected chi connectivity index (χ1v) is 14.0. The molecule has 224 valence electrons. The zero-order valence-corrected chi connectivity index (χ0v) is 23.9. The third-order valence-corrected chi connectivity index (χ3v) is 8.04. The highest BCUT2D eigenvalue weighted by atomic mass is 35.5. The second kappa shape index (κ2) is 13.6. The van der Waals surface area contributed by atoms with Gasteiger partial charge in [-0.2, -0.15) is 8.78 Å². The number of anilines is 1. The summed E-state index contributed by atoms with van der Waals surface area (Å²) in [6.45, 7) is 0.600. The van der Waals surface area contributed by atoms with Gasteiger partial charge in [0.05, 0.1) is 30.0 Å². The third-order valence-electron chi connectivity index (χ3n) is 6.35. The molecule has 1 atom stereocenters. The van der Waals surface area contributed by atoms with E-state index in [0.29, 0.717) is 16.1 Å². The van der Waals surface area contributed by atoms with Gasteiger partial charge in [-0.3, -0.25) is 4.79 Å². The molecule has 0 radical (unpaired) electrons. The third kappa shape index (κ3) is 7.34. The van der Waals surface area contributed by atoms with Crippen LogP contribution in [0.15, 0.2) is 77.7 Å². The minimum absolute atomic E-state index is 0.0462. The van der Waals surface area contributed by atoms with E-state index in [1.807, 2.05) is 6.92 Å². The van der Waals surface area contributed by atoms with Crippen LogP contribution in [0.25, 0.3) is 0 Å². The molecule has 0 spiro atoms. The highest BCUT2D eigenvalue weighted by Crippen LogP contribution is 2.30. The molecule has 1 amide bonds. The molecule has 13 heteroatoms. The second-order valence-electron chi connectivity index (χ2n) is 9.39. The van der Waals surface area contributed by atoms with Crippen LogP contribution in [0, 0.1) is 36.0 Å². The Labute approximate surface area is 251 Å². The number of aromatic carboxylic acids is 1. The van der Waals surface area contributed by atoms with Crippen molar-refractivity contribution in [2.75, 3.05) is 11.4 Å². The molecule has 0 aliphatic carbocycles. The van der Waals surface area contributed by atoms with Crippen LogP contribution in [0.3, 0.4) is 0 Å². The van der Waals surface area contributed by atoms with E-state index in [0.717, 1.165) is 9.87 Å². The van der Waals surface area contributed by atoms with Gasteiger partial charge < -0.3 is 14.6 Å². The molecule has 1 unspecified atom stereocenters. The number of hydrogen-bond donors (Lipinski definition) is 1. The van der Waals surface area contributed by atoms with Crippen molar-refractivity contribution in [1.82, 2.24) is 4.31 Å². The molecule has 0 saturated carbocycles. The van der Waals surface area contributed by atoms with Gasteiger partial charge in [0.2, 0.25) is 35.0 Å². The summed E-state index contributed by atoms with van der Waals surface area (Å²) in [6.07, 6.45) is 0. The molecule has 6 nitrogen and oxygen atoms in total. The van der Waals surface area contributed by atoms with Crippen LogP contribution >= 0.6 is 11.6 Å². The summed E-state index contributed by atoms with van der Waals surface area (Å²) in [7, 11) is 0. The van der Waals surface area contributed by atoms with Crippen molar-refractivity contribution in [3.63, 3.8) is 0 Å². The van der Waals surface area contributed by atoms with E-state index in [-0.39, 0.29) is 17.8 Å². The molecule has 0 saturated heterocycles. The van der Waals surface area contributed by atoms with Crippen molar-refractivity contribution >= 4 is 40.5 Å². The number of nitrogens with zero attached hydrogens (tertiary/aromatic N) is 2. The minimum Gasteiger partial charge on any atom is -0.593 e. The Bertz CT molecular complexity index is 1610. The van der Waals surface area contributed by atoms with Crippen molar-refractivity contribution in [1.29, 1.82) is 0 Å². The molecule has 4 aromatic carbocycles. The lowest BCUT2D eigenvalue weighted by molar-refractivity contribution is -0.119. The molecule has 4 rings (SSSR count). The number of aryl methyl sites for hydroxylation is 1. The normalized spacial score (nSPS) is 11.9. The molecule has 0 aromatic heterocycles. The number of carbonyl (C=O) groups excluding carboxylic acids is 1. The first-order chi connectivity index (χ1) is 20.4. The lowest BCUT2D eigenvalue weighted by Crippen LogP contribution is -2.43. The van der Waals surface area contributed by atoms with Crippen LogP contribution < -0.4 is 4.90 Å². The molecule has 4 aromatic rings. The highest BCUT2D eigenvalue weighted by Gasteiger charge is 2.38. The van der Waals surface area contributed by atoms with Crippen molar-refractivity contribution in [2.24, 2.45) is 0 Å². The van der Waals surface area contributed by atoms with Gasteiger partial charge in [0.15, 0.2) is 0 Å². The minimum atomic E-state index is -3.05. The van der Waals surface area contributed by atoms with E-state index in [1.54, 1.807) is 24.3 Å². The topological polar surface area (TPSA) is 83.9 Å². The number of benzene rings is 4. The average Bonchev–Trinajstić information content (AvgIpc) is 2.99. The van der Waals surface area contributed by atoms with E-state index in [2.05, 4.69) is 0 Å². The SMILES string of the molecule is Cc1ccc(CN(C(=O)CN(Cc2ccc(Cl)cc2)[S+]([O-])c2c(F)c(F)c(F)c(F)c2F)c2ccc(C(=O)O)cc2)cc1. The number of carboxylic acids is 1. The maximum Gasteiger partial charge on any atom is 0.335 e. The fraction of sp³-hybridized carbons (Fsp3) is 0.133. The molecule has 0 bridgehead atoms. The van der Waals surface area contributed by atoms with Crippen molar-refractivity contribution in [2.45, 2.75) is 24.9 Å². The molecule has 1 N–H and O–H groups in total. The quantitative estimate of drug-likeness (QED) is 0.0896. The summed E-state index contributed by atoms with van der Waals surface area (Å²) in [6, 6.07) is 18.3. The molecule has 0 aliphatic rings. The molecule has 0 fully saturated rings. The van der Waals surface area contributed by atoms with Crippen LogP contribution in [0.2, 0.25) is 5.02 Å². The van der Waals surface area contributed by atoms with Crippen LogP contribution in [0.1, 0.15) is 27.0 Å². The van der Waals surface area contributed by atoms with Crippen LogP contribution in [-0.4, -0.2) is 32.4 Å². The fourth-order valence-corrected chi connectivity index (χ4v) is 5.42. The fourth-order valence-electron chi connectivity index (χ4n) is 4.05. The zero-order chi connectivity index (χ0) is 31.4. The Morgan fingerprint density at radius 1 is 0.767 bits per heavy atom. The van der Waals surface area contributed by atoms with Gasteiger partial charge in [-0.1, -0.05) is 53.6 Å². The standard InChI is InChI=1S/C30H22ClF5N2O4S/c1-17-2-4-19(5-3-17)15-38(22-12-8-20(9-13-22)30(40)41)23(39)16-37(14-18-6-10-21(31)11-7-18)43(42)29-27(35)25(33)24(32)26(34)28(29)36/h2-13H,14-16H2,1H3,(H,40,41). The summed E-state index contributed by atoms with van der Waals surface area (Å²) in [5.41, 5.74) is 2.16. The van der Waals surface area contributed by atoms with E-state index in [1.165, 1.54) is 53.4 Å². The zero-order valence-electron chi connectivity index (χ0n) is 22.3. The summed E-state index contributed by atoms with van der Waals surface area (Å²) in [5.74, 6) is -13.5. The Hall–Kier alpha value is -3.97. The second-order valence-corrected chi connectivity index (χ2v) is 11.2. The maximum atomic E-state index is 14.7. The number of amides is 1. The van der Waals surface area contributed by atoms with Gasteiger partial charge >= 0.3 is 5.97 Å². The summed E-state index contributed by atoms with van der Waals surface area (Å²) >= 11 is 2.87. The largest absolute Gasteiger partial charge is 0.593 e. The Kier molecular flexibility index (Phi) is 10.1. The molecule has 43 heavy (non-hydrogen) atoms. The number of halogens is 6. The van der Waals surface area contributed by atoms with Gasteiger partial charge in [0, 0.05) is 10.7 Å². The van der Waals surface area contributed by atoms with E-state index in [4.69, 9.17) is 11.6 Å². The number of carbonyl (C=O) groups is 2. The van der Waals surface area contributed by atoms with E-state index >= 15 is 0 Å². The van der Waals surface area contributed by atoms with E-state index < -0.39 is 70.3 Å². The smallest absolute Gasteiger partial charge is 0.335 e. The van der Waals surface area contributed by atoms with Crippen molar-refractivity contribution in [3.8, 4) is 0 Å². The Morgan fingerprint density at radius 3 is 1.79 bits per heavy atom. The number of carboxylic acid groups (broad SMARTS) is 1. The lowest BCUT2D eigenvalue weighted by atomic mass is 10.1. The van der Waals surface area contributed by atoms with Gasteiger partial charge in [-0.25, -0.2) is 18.0 Å². The highest BCUT2D eigenvalue weighted by molar-refractivity contribution is 7.89. The predicted octanol–water partition coefficient (Wildman–Crippen LogP) is 6.80. The van der Waals surface area contributed by atoms with Crippen molar-refractivity contribution in [3.05, 3.63) is 129 Å². The Morgan fingerprint density at radius 2 is 1.26 bits per heavy atom. The number of hydrogen-bond acceptors (Lipinski definition) is 4. The summed E-state index contributed by atoms with van der Waals surface area (Å²) in [4.78, 5) is 24.8. The summed E-state index contributed by atoms with van der Waals surface area (Å²) < 4.78 is 85.4. The molecular weight excluding hydrogens is 615 g/mol. The van der Waals surface area contributed by atoms with Gasteiger partial charge in [-0.15, -0.1) is 4.31 Å². The van der Waals surface area contributed by atoms with Crippen LogP contribution in [-0.2, 0) is 29.2 Å². The predicted molar refractivity (Wildman–Crippen MR) is 150 cm³/mol. The van der Waals surface area contributed by atoms with Gasteiger partial charge in [-0.05, 0) is 54.4 Å². The van der Waals surface area contributed by atoms with Gasteiger partial charge in [0.25, 0.3) is 4.90 Å². The van der Waals surface area contributed by atoms with E-state index in [9.17, 15) is 41.2 Å². The van der Waals surface area contributed by atoms with Crippen molar-refractivity contribution < 1.29 is 41.2 Å². The lowest BCUT2D eigenvalue weighted by Gasteiger charge is -2.28. The molecular formula is C30H22ClF5N2O4S. The summed E-state index contributed by atoms with van der Waals surface area (Å²) in [5, 5.41) is 9.60. The first kappa shape index (κ1) is 32.0. The monoisotopic (exact) mass is 636 g/mol. The molecule has 0 heterocycles. The Balaban J connectivity index is 1.75. The van der Waals surface area contributed by atoms with Crippen LogP contribution in [0.4, 0.5) is 27.6 Å². The molecule has 0 aliphatic heterocycles. The number of rotatable bonds is 10. The first-order valence-electron chi connectivity index (χ1n) is 12.5. The van der Waals surface area contributed by atoms with Gasteiger partial charge in [0.1, 0.15) is 6.54 Å². The maximum absolute atomic E-state index is 14.7. The average molecular weight is 637 g/mol.